The highest BCUT2D eigenvalue weighted by Crippen LogP contribution is 2.50. The number of aryl methyl sites for hydroxylation is 1. The number of aromatic nitrogens is 2. The molecule has 0 unspecified atom stereocenters. The standard InChI is InChI=1S/C15H11F5N2O2/c16-14(17)6-5-9-10(12(22-21-9)15(18,19)20)11(14)7-3-1-2-4-8(7)13(23)24/h1-4,11H,5-6H2,(H,21,22)(H,23,24)/t11-/m0/s1. The average molecular weight is 346 g/mol. The number of H-pyrrole nitrogens is 1. The number of hydrogen-bond donors (Lipinski definition) is 2. The molecule has 9 heteroatoms. The maximum atomic E-state index is 14.5. The molecule has 4 nitrogen and oxygen atoms in total. The van der Waals surface area contributed by atoms with Crippen LogP contribution < -0.4 is 0 Å². The quantitative estimate of drug-likeness (QED) is 0.812. The Kier molecular flexibility index (Phi) is 3.61. The number of carboxylic acids is 1. The Morgan fingerprint density at radius 3 is 2.58 bits per heavy atom. The van der Waals surface area contributed by atoms with E-state index < -0.39 is 47.2 Å². The van der Waals surface area contributed by atoms with Gasteiger partial charge >= 0.3 is 12.1 Å². The zero-order valence-electron chi connectivity index (χ0n) is 12.0. The Morgan fingerprint density at radius 2 is 1.96 bits per heavy atom. The van der Waals surface area contributed by atoms with Crippen LogP contribution in [0.1, 0.15) is 45.2 Å². The Labute approximate surface area is 132 Å². The van der Waals surface area contributed by atoms with Crippen molar-refractivity contribution in [1.29, 1.82) is 0 Å². The van der Waals surface area contributed by atoms with E-state index in [9.17, 15) is 31.9 Å². The van der Waals surface area contributed by atoms with Crippen LogP contribution in [-0.2, 0) is 12.6 Å². The Balaban J connectivity index is 2.29. The highest BCUT2D eigenvalue weighted by Gasteiger charge is 2.52. The molecule has 1 aliphatic carbocycles. The van der Waals surface area contributed by atoms with Gasteiger partial charge in [0.1, 0.15) is 0 Å². The minimum absolute atomic E-state index is 0.0431. The van der Waals surface area contributed by atoms with E-state index in [-0.39, 0.29) is 17.7 Å². The molecule has 0 saturated heterocycles. The van der Waals surface area contributed by atoms with Gasteiger partial charge < -0.3 is 5.11 Å². The molecule has 1 aliphatic rings. The fraction of sp³-hybridized carbons (Fsp3) is 0.333. The number of carbonyl (C=O) groups is 1. The molecule has 1 heterocycles. The lowest BCUT2D eigenvalue weighted by Crippen LogP contribution is -2.34. The third-order valence-electron chi connectivity index (χ3n) is 4.07. The maximum absolute atomic E-state index is 14.5. The summed E-state index contributed by atoms with van der Waals surface area (Å²) in [6, 6.07) is 4.86. The molecular formula is C15H11F5N2O2. The SMILES string of the molecule is O=C(O)c1ccccc1[C@H]1c2c(C(F)(F)F)n[nH]c2CCC1(F)F. The highest BCUT2D eigenvalue weighted by atomic mass is 19.4. The van der Waals surface area contributed by atoms with Gasteiger partial charge in [0.25, 0.3) is 5.92 Å². The topological polar surface area (TPSA) is 66.0 Å². The van der Waals surface area contributed by atoms with Crippen LogP contribution in [0.3, 0.4) is 0 Å². The van der Waals surface area contributed by atoms with Crippen molar-refractivity contribution in [1.82, 2.24) is 10.2 Å². The van der Waals surface area contributed by atoms with Gasteiger partial charge in [0.05, 0.1) is 11.5 Å². The number of aromatic amines is 1. The number of rotatable bonds is 2. The van der Waals surface area contributed by atoms with E-state index in [2.05, 4.69) is 10.2 Å². The molecule has 0 fully saturated rings. The molecule has 0 spiro atoms. The molecule has 0 aliphatic heterocycles. The average Bonchev–Trinajstić information content (AvgIpc) is 2.90. The van der Waals surface area contributed by atoms with Crippen molar-refractivity contribution >= 4 is 5.97 Å². The number of benzene rings is 1. The second kappa shape index (κ2) is 5.29. The lowest BCUT2D eigenvalue weighted by molar-refractivity contribution is -0.142. The number of carboxylic acid groups (broad SMARTS) is 1. The Hall–Kier alpha value is -2.45. The third kappa shape index (κ3) is 2.53. The van der Waals surface area contributed by atoms with Crippen LogP contribution in [0.2, 0.25) is 0 Å². The molecule has 1 aromatic heterocycles. The summed E-state index contributed by atoms with van der Waals surface area (Å²) in [5.74, 6) is -7.03. The second-order valence-corrected chi connectivity index (χ2v) is 5.55. The zero-order valence-corrected chi connectivity index (χ0v) is 12.0. The van der Waals surface area contributed by atoms with Gasteiger partial charge in [-0.15, -0.1) is 0 Å². The van der Waals surface area contributed by atoms with E-state index in [1.54, 1.807) is 0 Å². The minimum Gasteiger partial charge on any atom is -0.478 e. The smallest absolute Gasteiger partial charge is 0.435 e. The normalized spacial score (nSPS) is 19.8. The summed E-state index contributed by atoms with van der Waals surface area (Å²) in [6.07, 6.45) is -5.91. The van der Waals surface area contributed by atoms with Gasteiger partial charge in [-0.1, -0.05) is 18.2 Å². The van der Waals surface area contributed by atoms with Crippen molar-refractivity contribution < 1.29 is 31.9 Å². The number of hydrogen-bond acceptors (Lipinski definition) is 2. The van der Waals surface area contributed by atoms with Gasteiger partial charge in [0, 0.05) is 17.7 Å². The summed E-state index contributed by atoms with van der Waals surface area (Å²) in [5, 5.41) is 14.5. The van der Waals surface area contributed by atoms with Crippen molar-refractivity contribution in [3.63, 3.8) is 0 Å². The Bertz CT molecular complexity index is 797. The number of halogens is 5. The van der Waals surface area contributed by atoms with Crippen LogP contribution in [0.5, 0.6) is 0 Å². The van der Waals surface area contributed by atoms with E-state index in [1.807, 2.05) is 0 Å². The fourth-order valence-corrected chi connectivity index (χ4v) is 3.08. The summed E-state index contributed by atoms with van der Waals surface area (Å²) in [5.41, 5.74) is -2.96. The number of alkyl halides is 5. The number of fused-ring (bicyclic) bond motifs is 1. The van der Waals surface area contributed by atoms with Crippen molar-refractivity contribution in [3.8, 4) is 0 Å². The van der Waals surface area contributed by atoms with E-state index in [4.69, 9.17) is 0 Å². The molecule has 0 amide bonds. The first-order valence-corrected chi connectivity index (χ1v) is 6.97. The maximum Gasteiger partial charge on any atom is 0.435 e. The first-order chi connectivity index (χ1) is 11.1. The Morgan fingerprint density at radius 1 is 1.29 bits per heavy atom. The summed E-state index contributed by atoms with van der Waals surface area (Å²) in [6.45, 7) is 0. The van der Waals surface area contributed by atoms with E-state index >= 15 is 0 Å². The predicted octanol–water partition coefficient (Wildman–Crippen LogP) is 3.84. The predicted molar refractivity (Wildman–Crippen MR) is 72.1 cm³/mol. The molecule has 3 rings (SSSR count). The first-order valence-electron chi connectivity index (χ1n) is 6.97. The zero-order chi connectivity index (χ0) is 17.7. The van der Waals surface area contributed by atoms with Gasteiger partial charge in [0.15, 0.2) is 5.69 Å². The van der Waals surface area contributed by atoms with Crippen molar-refractivity contribution in [3.05, 3.63) is 52.3 Å². The van der Waals surface area contributed by atoms with Crippen LogP contribution in [0, 0.1) is 0 Å². The molecular weight excluding hydrogens is 335 g/mol. The van der Waals surface area contributed by atoms with E-state index in [0.717, 1.165) is 12.1 Å². The van der Waals surface area contributed by atoms with Gasteiger partial charge in [0.2, 0.25) is 0 Å². The number of nitrogens with zero attached hydrogens (tertiary/aromatic N) is 1. The number of nitrogens with one attached hydrogen (secondary N) is 1. The minimum atomic E-state index is -4.92. The summed E-state index contributed by atoms with van der Waals surface area (Å²) in [7, 11) is 0. The van der Waals surface area contributed by atoms with E-state index in [1.165, 1.54) is 12.1 Å². The molecule has 128 valence electrons. The van der Waals surface area contributed by atoms with Gasteiger partial charge in [-0.05, 0) is 18.1 Å². The van der Waals surface area contributed by atoms with Crippen LogP contribution in [0.15, 0.2) is 24.3 Å². The van der Waals surface area contributed by atoms with Crippen LogP contribution >= 0.6 is 0 Å². The lowest BCUT2D eigenvalue weighted by Gasteiger charge is -2.33. The molecule has 0 saturated carbocycles. The highest BCUT2D eigenvalue weighted by molar-refractivity contribution is 5.90. The fourth-order valence-electron chi connectivity index (χ4n) is 3.08. The molecule has 1 aromatic carbocycles. The van der Waals surface area contributed by atoms with Crippen molar-refractivity contribution in [2.24, 2.45) is 0 Å². The van der Waals surface area contributed by atoms with Crippen LogP contribution in [-0.4, -0.2) is 27.2 Å². The summed E-state index contributed by atoms with van der Waals surface area (Å²) in [4.78, 5) is 11.3. The lowest BCUT2D eigenvalue weighted by atomic mass is 9.76. The number of aromatic carboxylic acids is 1. The first kappa shape index (κ1) is 16.4. The van der Waals surface area contributed by atoms with Gasteiger partial charge in [-0.3, -0.25) is 5.10 Å². The van der Waals surface area contributed by atoms with Crippen LogP contribution in [0.4, 0.5) is 22.0 Å². The van der Waals surface area contributed by atoms with Crippen molar-refractivity contribution in [2.75, 3.05) is 0 Å². The van der Waals surface area contributed by atoms with E-state index in [0.29, 0.717) is 0 Å². The summed E-state index contributed by atoms with van der Waals surface area (Å²) < 4.78 is 68.5. The van der Waals surface area contributed by atoms with Gasteiger partial charge in [-0.25, -0.2) is 13.6 Å². The molecule has 2 N–H and O–H groups in total. The molecule has 24 heavy (non-hydrogen) atoms. The molecule has 2 aromatic rings. The molecule has 1 atom stereocenters. The van der Waals surface area contributed by atoms with Crippen LogP contribution in [0.25, 0.3) is 0 Å². The second-order valence-electron chi connectivity index (χ2n) is 5.55. The van der Waals surface area contributed by atoms with Gasteiger partial charge in [-0.2, -0.15) is 18.3 Å². The molecule has 0 radical (unpaired) electrons. The van der Waals surface area contributed by atoms with Crippen molar-refractivity contribution in [2.45, 2.75) is 30.9 Å². The molecule has 0 bridgehead atoms. The largest absolute Gasteiger partial charge is 0.478 e. The summed E-state index contributed by atoms with van der Waals surface area (Å²) >= 11 is 0. The third-order valence-corrected chi connectivity index (χ3v) is 4.07. The monoisotopic (exact) mass is 346 g/mol.